The van der Waals surface area contributed by atoms with Crippen molar-refractivity contribution in [1.82, 2.24) is 10.2 Å². The first-order valence-electron chi connectivity index (χ1n) is 19.0. The van der Waals surface area contributed by atoms with E-state index in [4.69, 9.17) is 5.73 Å². The van der Waals surface area contributed by atoms with Gasteiger partial charge in [0.15, 0.2) is 0 Å². The van der Waals surface area contributed by atoms with Crippen LogP contribution in [0.2, 0.25) is 0 Å². The van der Waals surface area contributed by atoms with Crippen molar-refractivity contribution >= 4 is 17.7 Å². The smallest absolute Gasteiger partial charge is 0.306 e. The molecule has 1 heterocycles. The van der Waals surface area contributed by atoms with Crippen LogP contribution < -0.4 is 11.1 Å². The number of thioether (sulfide) groups is 1. The van der Waals surface area contributed by atoms with Crippen LogP contribution >= 0.6 is 11.8 Å². The number of piperidine rings is 1. The van der Waals surface area contributed by atoms with E-state index in [-0.39, 0.29) is 17.0 Å². The number of carboxylic acid groups (broad SMARTS) is 1. The van der Waals surface area contributed by atoms with Gasteiger partial charge in [0.2, 0.25) is 0 Å². The number of hydrogen-bond acceptors (Lipinski definition) is 5. The van der Waals surface area contributed by atoms with Crippen molar-refractivity contribution in [2.75, 3.05) is 32.4 Å². The van der Waals surface area contributed by atoms with Crippen LogP contribution in [0, 0.1) is 46.3 Å². The number of carboxylic acids is 1. The zero-order valence-electron chi connectivity index (χ0n) is 28.9. The van der Waals surface area contributed by atoms with Crippen LogP contribution in [-0.4, -0.2) is 64.7 Å². The summed E-state index contributed by atoms with van der Waals surface area (Å²) in [6.07, 6.45) is 25.3. The number of fused-ring (bicyclic) bond motifs is 7. The number of nitrogens with one attached hydrogen (secondary N) is 1. The van der Waals surface area contributed by atoms with Gasteiger partial charge >= 0.3 is 5.97 Å². The minimum Gasteiger partial charge on any atom is -0.481 e. The maximum atomic E-state index is 11.6. The van der Waals surface area contributed by atoms with E-state index < -0.39 is 5.97 Å². The van der Waals surface area contributed by atoms with E-state index in [1.165, 1.54) is 102 Å². The molecular weight excluding hydrogens is 575 g/mol. The zero-order chi connectivity index (χ0) is 31.6. The third-order valence-electron chi connectivity index (χ3n) is 15.8. The molecule has 252 valence electrons. The Kier molecular flexibility index (Phi) is 8.91. The minimum absolute atomic E-state index is 0.0260. The van der Waals surface area contributed by atoms with Crippen LogP contribution in [0.15, 0.2) is 23.3 Å². The molecule has 7 rings (SSSR count). The van der Waals surface area contributed by atoms with Crippen molar-refractivity contribution in [2.45, 2.75) is 133 Å². The van der Waals surface area contributed by atoms with Gasteiger partial charge in [0, 0.05) is 29.4 Å². The number of likely N-dealkylation sites (tertiary alicyclic amines) is 1. The number of carbonyl (C=O) groups is 1. The first-order chi connectivity index (χ1) is 21.5. The molecule has 0 spiro atoms. The van der Waals surface area contributed by atoms with Gasteiger partial charge in [-0.15, -0.1) is 0 Å². The Balaban J connectivity index is 1.06. The summed E-state index contributed by atoms with van der Waals surface area (Å²) in [6, 6.07) is 0. The van der Waals surface area contributed by atoms with E-state index in [2.05, 4.69) is 61.2 Å². The third-order valence-corrected chi connectivity index (χ3v) is 17.0. The first kappa shape index (κ1) is 32.7. The molecule has 45 heavy (non-hydrogen) atoms. The molecule has 6 aliphatic carbocycles. The Labute approximate surface area is 278 Å². The van der Waals surface area contributed by atoms with E-state index in [9.17, 15) is 9.90 Å². The third kappa shape index (κ3) is 5.33. The van der Waals surface area contributed by atoms with Crippen LogP contribution in [0.5, 0.6) is 0 Å². The van der Waals surface area contributed by atoms with Gasteiger partial charge in [0.05, 0.1) is 5.92 Å². The summed E-state index contributed by atoms with van der Waals surface area (Å²) in [7, 11) is 0. The lowest BCUT2D eigenvalue weighted by atomic mass is 9.37. The quantitative estimate of drug-likeness (QED) is 0.266. The van der Waals surface area contributed by atoms with Crippen molar-refractivity contribution in [2.24, 2.45) is 52.1 Å². The molecule has 7 aliphatic rings. The fraction of sp³-hybridized carbons (Fsp3) is 0.872. The number of rotatable bonds is 7. The molecule has 0 radical (unpaired) electrons. The van der Waals surface area contributed by atoms with Gasteiger partial charge in [-0.05, 0) is 161 Å². The molecule has 4 saturated carbocycles. The number of aliphatic carboxylic acids is 1. The lowest BCUT2D eigenvalue weighted by Gasteiger charge is -2.70. The molecule has 0 aromatic carbocycles. The van der Waals surface area contributed by atoms with Gasteiger partial charge in [0.1, 0.15) is 0 Å². The van der Waals surface area contributed by atoms with Gasteiger partial charge in [-0.25, -0.2) is 0 Å². The Hall–Kier alpha value is -0.820. The predicted octanol–water partition coefficient (Wildman–Crippen LogP) is 7.66. The molecule has 5 fully saturated rings. The fourth-order valence-electron chi connectivity index (χ4n) is 13.5. The number of nitrogens with zero attached hydrogens (tertiary/aromatic N) is 1. The van der Waals surface area contributed by atoms with Crippen LogP contribution in [0.4, 0.5) is 0 Å². The summed E-state index contributed by atoms with van der Waals surface area (Å²) >= 11 is 2.06. The fourth-order valence-corrected chi connectivity index (χ4v) is 14.2. The molecule has 10 atom stereocenters. The van der Waals surface area contributed by atoms with Gasteiger partial charge in [0.25, 0.3) is 0 Å². The summed E-state index contributed by atoms with van der Waals surface area (Å²) in [6.45, 7) is 12.7. The number of hydrogen-bond donors (Lipinski definition) is 3. The van der Waals surface area contributed by atoms with Crippen molar-refractivity contribution in [3.05, 3.63) is 23.3 Å². The average Bonchev–Trinajstić information content (AvgIpc) is 3.47. The molecule has 0 aromatic heterocycles. The summed E-state index contributed by atoms with van der Waals surface area (Å²) in [5, 5.41) is 14.6. The molecule has 1 saturated heterocycles. The van der Waals surface area contributed by atoms with Crippen LogP contribution in [-0.2, 0) is 4.79 Å². The molecule has 10 unspecified atom stereocenters. The van der Waals surface area contributed by atoms with E-state index in [0.29, 0.717) is 35.0 Å². The molecule has 1 aliphatic heterocycles. The topological polar surface area (TPSA) is 78.6 Å². The Morgan fingerprint density at radius 2 is 1.76 bits per heavy atom. The normalized spacial score (nSPS) is 47.1. The number of nitrogens with two attached hydrogens (primary N) is 1. The van der Waals surface area contributed by atoms with Crippen molar-refractivity contribution in [3.63, 3.8) is 0 Å². The second-order valence-corrected chi connectivity index (χ2v) is 18.6. The monoisotopic (exact) mass is 637 g/mol. The maximum Gasteiger partial charge on any atom is 0.306 e. The lowest BCUT2D eigenvalue weighted by molar-refractivity contribution is -0.174. The minimum atomic E-state index is -0.626. The van der Waals surface area contributed by atoms with Crippen LogP contribution in [0.3, 0.4) is 0 Å². The SMILES string of the molecule is CSC1CCN(CCNC23CCCC2C2(N)CCC4C5(C)CC=C(C6=CCC(C(=O)O)CC6)C(C)C5CCC4(C)C2CC3)CC1. The summed E-state index contributed by atoms with van der Waals surface area (Å²) < 4.78 is 0. The van der Waals surface area contributed by atoms with Gasteiger partial charge in [-0.3, -0.25) is 4.79 Å². The highest BCUT2D eigenvalue weighted by atomic mass is 32.2. The Morgan fingerprint density at radius 3 is 2.47 bits per heavy atom. The predicted molar refractivity (Wildman–Crippen MR) is 187 cm³/mol. The highest BCUT2D eigenvalue weighted by Crippen LogP contribution is 2.71. The largest absolute Gasteiger partial charge is 0.481 e. The number of allylic oxidation sites excluding steroid dienone is 4. The highest BCUT2D eigenvalue weighted by Gasteiger charge is 2.68. The molecule has 0 amide bonds. The van der Waals surface area contributed by atoms with E-state index in [0.717, 1.165) is 36.5 Å². The van der Waals surface area contributed by atoms with Gasteiger partial charge in [-0.2, -0.15) is 11.8 Å². The van der Waals surface area contributed by atoms with Gasteiger partial charge in [-0.1, -0.05) is 39.3 Å². The second kappa shape index (κ2) is 12.3. The maximum absolute atomic E-state index is 11.6. The van der Waals surface area contributed by atoms with Crippen molar-refractivity contribution in [3.8, 4) is 0 Å². The summed E-state index contributed by atoms with van der Waals surface area (Å²) in [4.78, 5) is 14.3. The first-order valence-corrected chi connectivity index (χ1v) is 20.2. The highest BCUT2D eigenvalue weighted by molar-refractivity contribution is 7.99. The Morgan fingerprint density at radius 1 is 0.978 bits per heavy atom. The van der Waals surface area contributed by atoms with Crippen molar-refractivity contribution in [1.29, 1.82) is 0 Å². The van der Waals surface area contributed by atoms with E-state index in [1.54, 1.807) is 5.57 Å². The second-order valence-electron chi connectivity index (χ2n) is 17.4. The molecule has 4 N–H and O–H groups in total. The molecule has 0 aromatic rings. The van der Waals surface area contributed by atoms with Crippen LogP contribution in [0.25, 0.3) is 0 Å². The standard InChI is InChI=1S/C39H63N3O2S/c1-26-30(27-7-9-28(10-8-27)35(43)44)11-18-36(2)31(26)12-19-37(3)32(36)14-21-39(40)33(37)13-20-38(17-5-6-34(38)39)41-22-25-42-23-15-29(45-4)16-24-42/h7,11,26,28-29,31-34,41H,5-6,8-10,12-25,40H2,1-4H3,(H,43,44). The molecule has 0 bridgehead atoms. The van der Waals surface area contributed by atoms with Crippen molar-refractivity contribution < 1.29 is 9.90 Å². The van der Waals surface area contributed by atoms with E-state index in [1.807, 2.05) is 0 Å². The summed E-state index contributed by atoms with van der Waals surface area (Å²) in [5.74, 6) is 2.47. The van der Waals surface area contributed by atoms with E-state index >= 15 is 0 Å². The van der Waals surface area contributed by atoms with Gasteiger partial charge < -0.3 is 21.1 Å². The average molecular weight is 638 g/mol. The van der Waals surface area contributed by atoms with Crippen LogP contribution in [0.1, 0.15) is 117 Å². The molecular formula is C39H63N3O2S. The summed E-state index contributed by atoms with van der Waals surface area (Å²) in [5.41, 5.74) is 11.8. The zero-order valence-corrected chi connectivity index (χ0v) is 29.7. The molecule has 5 nitrogen and oxygen atoms in total. The lowest BCUT2D eigenvalue weighted by Crippen LogP contribution is -2.73. The Bertz CT molecular complexity index is 1190. The molecule has 6 heteroatoms.